The van der Waals surface area contributed by atoms with Crippen LogP contribution < -0.4 is 16.8 Å². The van der Waals surface area contributed by atoms with Crippen molar-refractivity contribution in [1.82, 2.24) is 15.1 Å². The second kappa shape index (κ2) is 4.80. The molecule has 12 nitrogen and oxygen atoms in total. The maximum absolute atomic E-state index is 11.9. The van der Waals surface area contributed by atoms with E-state index in [9.17, 15) is 24.9 Å². The molecule has 12 heteroatoms. The lowest BCUT2D eigenvalue weighted by Crippen LogP contribution is -2.77. The van der Waals surface area contributed by atoms with Crippen molar-refractivity contribution in [2.75, 3.05) is 13.1 Å². The van der Waals surface area contributed by atoms with Crippen molar-refractivity contribution in [3.63, 3.8) is 0 Å². The highest BCUT2D eigenvalue weighted by molar-refractivity contribution is 6.02. The minimum Gasteiger partial charge on any atom is -0.385 e. The first kappa shape index (κ1) is 16.1. The van der Waals surface area contributed by atoms with Crippen LogP contribution in [0.3, 0.4) is 0 Å². The predicted molar refractivity (Wildman–Crippen MR) is 82.5 cm³/mol. The minimum absolute atomic E-state index is 0.0678. The topological polar surface area (TPSA) is 190 Å². The van der Waals surface area contributed by atoms with E-state index >= 15 is 0 Å². The lowest BCUT2D eigenvalue weighted by atomic mass is 9.85. The second-order valence-electron chi connectivity index (χ2n) is 6.66. The van der Waals surface area contributed by atoms with Crippen molar-refractivity contribution in [2.24, 2.45) is 21.5 Å². The number of nitrogens with one attached hydrogen (secondary N) is 1. The van der Waals surface area contributed by atoms with E-state index in [4.69, 9.17) is 11.5 Å². The number of hydrogen-bond donors (Lipinski definition) is 6. The van der Waals surface area contributed by atoms with Gasteiger partial charge < -0.3 is 37.0 Å². The largest absolute Gasteiger partial charge is 0.385 e. The number of aliphatic imine (C=N–C) groups is 2. The number of hydrogen-bond acceptors (Lipinski definition) is 11. The molecule has 2 unspecified atom stereocenters. The summed E-state index contributed by atoms with van der Waals surface area (Å²) < 4.78 is 0. The van der Waals surface area contributed by atoms with Gasteiger partial charge in [0.1, 0.15) is 12.1 Å². The standard InChI is InChI=1S/C13H19N7O5/c14-10-17-9-5(3-19-7(22)1-2-8(19)23)16-11(15)20-4-6(21)13(24,25)12(9,20)18-10/h5-6,9,21,24-25H,1-4H2,(H2,15,16)(H3,14,17,18)/t5?,6?,9-,12-/m0/s1. The van der Waals surface area contributed by atoms with Crippen LogP contribution in [0.1, 0.15) is 12.8 Å². The molecule has 136 valence electrons. The van der Waals surface area contributed by atoms with Gasteiger partial charge >= 0.3 is 0 Å². The number of carbonyl (C=O) groups excluding carboxylic acids is 2. The normalized spacial score (nSPS) is 39.1. The molecular formula is C13H19N7O5. The number of aliphatic hydroxyl groups excluding tert-OH is 1. The Bertz CT molecular complexity index is 706. The Morgan fingerprint density at radius 1 is 1.20 bits per heavy atom. The quantitative estimate of drug-likeness (QED) is 0.209. The fraction of sp³-hybridized carbons (Fsp3) is 0.692. The van der Waals surface area contributed by atoms with Gasteiger partial charge in [-0.3, -0.25) is 14.5 Å². The van der Waals surface area contributed by atoms with Crippen molar-refractivity contribution in [1.29, 1.82) is 0 Å². The number of carbonyl (C=O) groups is 2. The van der Waals surface area contributed by atoms with Gasteiger partial charge in [0, 0.05) is 12.8 Å². The zero-order valence-corrected chi connectivity index (χ0v) is 13.2. The Kier molecular flexibility index (Phi) is 3.08. The Morgan fingerprint density at radius 2 is 1.84 bits per heavy atom. The van der Waals surface area contributed by atoms with E-state index in [0.717, 1.165) is 4.90 Å². The summed E-state index contributed by atoms with van der Waals surface area (Å²) in [6.07, 6.45) is -1.30. The lowest BCUT2D eigenvalue weighted by Gasteiger charge is -2.48. The molecule has 4 rings (SSSR count). The van der Waals surface area contributed by atoms with E-state index in [1.807, 2.05) is 0 Å². The van der Waals surface area contributed by atoms with Gasteiger partial charge in [0.2, 0.25) is 17.6 Å². The van der Waals surface area contributed by atoms with Crippen LogP contribution in [-0.2, 0) is 9.59 Å². The molecule has 4 aliphatic rings. The summed E-state index contributed by atoms with van der Waals surface area (Å²) >= 11 is 0. The van der Waals surface area contributed by atoms with Gasteiger partial charge in [-0.05, 0) is 0 Å². The van der Waals surface area contributed by atoms with Crippen LogP contribution in [0.5, 0.6) is 0 Å². The Hall–Kier alpha value is -2.44. The van der Waals surface area contributed by atoms with Crippen LogP contribution >= 0.6 is 0 Å². The third-order valence-corrected chi connectivity index (χ3v) is 5.30. The molecule has 25 heavy (non-hydrogen) atoms. The minimum atomic E-state index is -2.62. The molecule has 4 aliphatic heterocycles. The van der Waals surface area contributed by atoms with Crippen LogP contribution in [-0.4, -0.2) is 91.6 Å². The SMILES string of the molecule is NC1=N[C@H]2C(CN3C(=O)CCC3=O)N=C(N)N3CC(O)C(O)(O)[C@]23N1. The zero-order valence-electron chi connectivity index (χ0n) is 13.2. The first-order valence-corrected chi connectivity index (χ1v) is 7.87. The third kappa shape index (κ3) is 1.86. The van der Waals surface area contributed by atoms with Crippen LogP contribution in [0.25, 0.3) is 0 Å². The summed E-state index contributed by atoms with van der Waals surface area (Å²) in [5.74, 6) is -3.43. The van der Waals surface area contributed by atoms with E-state index in [-0.39, 0.29) is 49.7 Å². The van der Waals surface area contributed by atoms with Crippen molar-refractivity contribution in [2.45, 2.75) is 42.5 Å². The summed E-state index contributed by atoms with van der Waals surface area (Å²) in [6.45, 7) is -0.299. The summed E-state index contributed by atoms with van der Waals surface area (Å²) in [6, 6.07) is -1.80. The smallest absolute Gasteiger partial charge is 0.237 e. The molecule has 4 atom stereocenters. The van der Waals surface area contributed by atoms with Gasteiger partial charge in [-0.25, -0.2) is 9.98 Å². The maximum Gasteiger partial charge on any atom is 0.237 e. The molecule has 0 saturated carbocycles. The number of guanidine groups is 2. The number of rotatable bonds is 2. The number of amides is 2. The van der Waals surface area contributed by atoms with Crippen molar-refractivity contribution in [3.05, 3.63) is 0 Å². The monoisotopic (exact) mass is 353 g/mol. The van der Waals surface area contributed by atoms with Crippen LogP contribution in [0.4, 0.5) is 0 Å². The maximum atomic E-state index is 11.9. The van der Waals surface area contributed by atoms with E-state index in [1.54, 1.807) is 0 Å². The average molecular weight is 353 g/mol. The van der Waals surface area contributed by atoms with Crippen molar-refractivity contribution < 1.29 is 24.9 Å². The highest BCUT2D eigenvalue weighted by Gasteiger charge is 2.73. The number of nitrogens with zero attached hydrogens (tertiary/aromatic N) is 4. The summed E-state index contributed by atoms with van der Waals surface area (Å²) in [5.41, 5.74) is 9.98. The van der Waals surface area contributed by atoms with Gasteiger partial charge in [0.15, 0.2) is 17.6 Å². The fourth-order valence-electron chi connectivity index (χ4n) is 4.08. The molecule has 4 heterocycles. The zero-order chi connectivity index (χ0) is 18.1. The first-order valence-electron chi connectivity index (χ1n) is 7.87. The first-order chi connectivity index (χ1) is 11.7. The van der Waals surface area contributed by atoms with Gasteiger partial charge in [0.05, 0.1) is 19.1 Å². The Morgan fingerprint density at radius 3 is 2.48 bits per heavy atom. The summed E-state index contributed by atoms with van der Waals surface area (Å²) in [4.78, 5) is 34.6. The predicted octanol–water partition coefficient (Wildman–Crippen LogP) is -4.83. The van der Waals surface area contributed by atoms with Crippen molar-refractivity contribution in [3.8, 4) is 0 Å². The molecule has 0 aromatic carbocycles. The molecule has 8 N–H and O–H groups in total. The molecule has 2 saturated heterocycles. The van der Waals surface area contributed by atoms with E-state index in [1.165, 1.54) is 4.90 Å². The van der Waals surface area contributed by atoms with E-state index < -0.39 is 29.6 Å². The van der Waals surface area contributed by atoms with Gasteiger partial charge in [-0.1, -0.05) is 0 Å². The highest BCUT2D eigenvalue weighted by atomic mass is 16.5. The van der Waals surface area contributed by atoms with E-state index in [0.29, 0.717) is 0 Å². The van der Waals surface area contributed by atoms with Gasteiger partial charge in [0.25, 0.3) is 0 Å². The van der Waals surface area contributed by atoms with Crippen molar-refractivity contribution >= 4 is 23.7 Å². The molecule has 0 aliphatic carbocycles. The van der Waals surface area contributed by atoms with Crippen LogP contribution in [0, 0.1) is 0 Å². The molecular weight excluding hydrogens is 334 g/mol. The third-order valence-electron chi connectivity index (χ3n) is 5.30. The summed E-state index contributed by atoms with van der Waals surface area (Å²) in [7, 11) is 0. The number of nitrogens with two attached hydrogens (primary N) is 2. The number of imide groups is 1. The lowest BCUT2D eigenvalue weighted by molar-refractivity contribution is -0.257. The molecule has 2 fully saturated rings. The van der Waals surface area contributed by atoms with Gasteiger partial charge in [-0.2, -0.15) is 0 Å². The molecule has 0 bridgehead atoms. The highest BCUT2D eigenvalue weighted by Crippen LogP contribution is 2.44. The molecule has 0 radical (unpaired) electrons. The average Bonchev–Trinajstić information content (AvgIpc) is 3.11. The second-order valence-corrected chi connectivity index (χ2v) is 6.66. The van der Waals surface area contributed by atoms with E-state index in [2.05, 4.69) is 15.3 Å². The van der Waals surface area contributed by atoms with Gasteiger partial charge in [-0.15, -0.1) is 0 Å². The fourth-order valence-corrected chi connectivity index (χ4v) is 4.08. The van der Waals surface area contributed by atoms with Crippen LogP contribution in [0.15, 0.2) is 9.98 Å². The Balaban J connectivity index is 1.75. The molecule has 0 aromatic heterocycles. The molecule has 1 spiro atoms. The molecule has 0 aromatic rings. The number of likely N-dealkylation sites (tertiary alicyclic amines) is 1. The Labute approximate surface area is 141 Å². The molecule has 2 amide bonds. The summed E-state index contributed by atoms with van der Waals surface area (Å²) in [5, 5.41) is 33.9. The number of aliphatic hydroxyl groups is 3. The van der Waals surface area contributed by atoms with Crippen LogP contribution in [0.2, 0.25) is 0 Å².